The van der Waals surface area contributed by atoms with E-state index in [4.69, 9.17) is 20.7 Å². The highest BCUT2D eigenvalue weighted by Crippen LogP contribution is 2.30. The number of carboxylic acid groups (broad SMARTS) is 1. The first-order chi connectivity index (χ1) is 11.0. The van der Waals surface area contributed by atoms with Crippen molar-refractivity contribution in [2.24, 2.45) is 17.6 Å². The number of nitrogens with two attached hydrogens (primary N) is 1. The van der Waals surface area contributed by atoms with E-state index in [0.717, 1.165) is 38.1 Å². The van der Waals surface area contributed by atoms with E-state index in [1.165, 1.54) is 43.2 Å². The molecule has 0 unspecified atom stereocenters. The summed E-state index contributed by atoms with van der Waals surface area (Å²) in [5.41, 5.74) is 8.54. The summed E-state index contributed by atoms with van der Waals surface area (Å²) in [5, 5.41) is 16.2. The normalized spacial score (nSPS) is 20.5. The van der Waals surface area contributed by atoms with Crippen molar-refractivity contribution < 1.29 is 15.0 Å². The van der Waals surface area contributed by atoms with E-state index in [1.807, 2.05) is 0 Å². The van der Waals surface area contributed by atoms with Gasteiger partial charge in [0.1, 0.15) is 0 Å². The lowest BCUT2D eigenvalue weighted by molar-refractivity contribution is -0.134. The third-order valence-corrected chi connectivity index (χ3v) is 4.47. The van der Waals surface area contributed by atoms with Gasteiger partial charge in [-0.15, -0.1) is 0 Å². The van der Waals surface area contributed by atoms with E-state index in [2.05, 4.69) is 24.3 Å². The lowest BCUT2D eigenvalue weighted by Gasteiger charge is -2.27. The predicted molar refractivity (Wildman–Crippen MR) is 93.4 cm³/mol. The molecule has 0 heterocycles. The second kappa shape index (κ2) is 11.2. The van der Waals surface area contributed by atoms with Crippen LogP contribution in [0.15, 0.2) is 24.3 Å². The summed E-state index contributed by atoms with van der Waals surface area (Å²) in [6.07, 6.45) is 8.38. The van der Waals surface area contributed by atoms with Crippen LogP contribution in [-0.4, -0.2) is 29.3 Å². The van der Waals surface area contributed by atoms with Gasteiger partial charge in [-0.3, -0.25) is 4.79 Å². The zero-order valence-corrected chi connectivity index (χ0v) is 14.2. The van der Waals surface area contributed by atoms with Crippen molar-refractivity contribution in [2.75, 3.05) is 13.2 Å². The molecule has 0 spiro atoms. The Hall–Kier alpha value is -1.39. The highest BCUT2D eigenvalue weighted by Gasteiger charge is 2.20. The fourth-order valence-corrected chi connectivity index (χ4v) is 3.13. The van der Waals surface area contributed by atoms with E-state index in [0.29, 0.717) is 0 Å². The summed E-state index contributed by atoms with van der Waals surface area (Å²) >= 11 is 0. The lowest BCUT2D eigenvalue weighted by atomic mass is 9.79. The van der Waals surface area contributed by atoms with Crippen molar-refractivity contribution in [2.45, 2.75) is 51.9 Å². The molecular weight excluding hydrogens is 290 g/mol. The van der Waals surface area contributed by atoms with Gasteiger partial charge in [0, 0.05) is 13.5 Å². The van der Waals surface area contributed by atoms with Gasteiger partial charge in [0.2, 0.25) is 0 Å². The molecule has 0 bridgehead atoms. The van der Waals surface area contributed by atoms with Crippen LogP contribution in [0.3, 0.4) is 0 Å². The molecule has 1 aliphatic carbocycles. The zero-order chi connectivity index (χ0) is 17.1. The minimum atomic E-state index is -0.833. The quantitative estimate of drug-likeness (QED) is 0.752. The summed E-state index contributed by atoms with van der Waals surface area (Å²) < 4.78 is 0. The Bertz CT molecular complexity index is 432. The van der Waals surface area contributed by atoms with Gasteiger partial charge in [-0.05, 0) is 74.5 Å². The molecule has 1 aliphatic rings. The fraction of sp³-hybridized carbons (Fsp3) is 0.632. The van der Waals surface area contributed by atoms with Crippen LogP contribution < -0.4 is 5.73 Å². The van der Waals surface area contributed by atoms with E-state index in [1.54, 1.807) is 0 Å². The van der Waals surface area contributed by atoms with Gasteiger partial charge in [-0.2, -0.15) is 0 Å². The molecule has 4 heteroatoms. The average Bonchev–Trinajstić information content (AvgIpc) is 2.54. The van der Waals surface area contributed by atoms with Gasteiger partial charge >= 0.3 is 0 Å². The van der Waals surface area contributed by atoms with Crippen LogP contribution in [0, 0.1) is 11.8 Å². The van der Waals surface area contributed by atoms with Crippen LogP contribution in [0.25, 0.3) is 0 Å². The van der Waals surface area contributed by atoms with Gasteiger partial charge < -0.3 is 15.9 Å². The molecule has 1 aromatic rings. The molecule has 0 aromatic heterocycles. The second-order valence-electron chi connectivity index (χ2n) is 6.49. The number of benzene rings is 1. The molecule has 0 atom stereocenters. The second-order valence-corrected chi connectivity index (χ2v) is 6.49. The maximum atomic E-state index is 9.00. The number of aliphatic hydroxyl groups excluding tert-OH is 1. The Morgan fingerprint density at radius 1 is 1.09 bits per heavy atom. The molecule has 2 rings (SSSR count). The van der Waals surface area contributed by atoms with Crippen LogP contribution in [0.5, 0.6) is 0 Å². The molecule has 0 radical (unpaired) electrons. The number of hydrogen-bond acceptors (Lipinski definition) is 3. The third kappa shape index (κ3) is 8.72. The Kier molecular flexibility index (Phi) is 9.57. The van der Waals surface area contributed by atoms with Gasteiger partial charge in [0.05, 0.1) is 0 Å². The van der Waals surface area contributed by atoms with Crippen molar-refractivity contribution in [3.8, 4) is 0 Å². The Balaban J connectivity index is 0.000000593. The lowest BCUT2D eigenvalue weighted by Crippen LogP contribution is -2.22. The van der Waals surface area contributed by atoms with Crippen LogP contribution >= 0.6 is 0 Å². The Labute approximate surface area is 139 Å². The molecule has 23 heavy (non-hydrogen) atoms. The van der Waals surface area contributed by atoms with Gasteiger partial charge in [-0.1, -0.05) is 24.3 Å². The molecule has 0 saturated heterocycles. The summed E-state index contributed by atoms with van der Waals surface area (Å²) in [5.74, 6) is 0.795. The number of hydrogen-bond donors (Lipinski definition) is 3. The topological polar surface area (TPSA) is 83.5 Å². The maximum Gasteiger partial charge on any atom is 0.300 e. The monoisotopic (exact) mass is 321 g/mol. The summed E-state index contributed by atoms with van der Waals surface area (Å²) in [4.78, 5) is 9.00. The number of aliphatic hydroxyl groups is 1. The molecule has 0 aliphatic heterocycles. The number of aryl methyl sites for hydroxylation is 1. The highest BCUT2D eigenvalue weighted by molar-refractivity contribution is 5.62. The van der Waals surface area contributed by atoms with Crippen molar-refractivity contribution in [3.63, 3.8) is 0 Å². The van der Waals surface area contributed by atoms with Crippen LogP contribution in [0.4, 0.5) is 0 Å². The predicted octanol–water partition coefficient (Wildman–Crippen LogP) is 3.01. The first-order valence-electron chi connectivity index (χ1n) is 8.63. The van der Waals surface area contributed by atoms with Crippen LogP contribution in [0.1, 0.15) is 50.2 Å². The van der Waals surface area contributed by atoms with Gasteiger partial charge in [0.25, 0.3) is 5.97 Å². The largest absolute Gasteiger partial charge is 0.481 e. The van der Waals surface area contributed by atoms with Crippen molar-refractivity contribution in [1.29, 1.82) is 0 Å². The SMILES string of the molecule is CC(=O)O.NCC1CCC(Cc2ccc(CCCO)cc2)CC1. The number of carboxylic acids is 1. The number of aliphatic carboxylic acids is 1. The molecule has 4 nitrogen and oxygen atoms in total. The smallest absolute Gasteiger partial charge is 0.300 e. The number of carbonyl (C=O) groups is 1. The standard InChI is InChI=1S/C17H27NO.C2H4O2/c18-13-17-9-7-16(8-10-17)12-15-5-3-14(4-6-15)2-1-11-19;1-2(3)4/h3-6,16-17,19H,1-2,7-13,18H2;1H3,(H,3,4). The van der Waals surface area contributed by atoms with Crippen LogP contribution in [0.2, 0.25) is 0 Å². The van der Waals surface area contributed by atoms with E-state index >= 15 is 0 Å². The Morgan fingerprint density at radius 2 is 1.57 bits per heavy atom. The molecule has 1 saturated carbocycles. The molecule has 4 N–H and O–H groups in total. The van der Waals surface area contributed by atoms with Crippen molar-refractivity contribution in [1.82, 2.24) is 0 Å². The van der Waals surface area contributed by atoms with E-state index in [-0.39, 0.29) is 6.61 Å². The molecule has 1 fully saturated rings. The summed E-state index contributed by atoms with van der Waals surface area (Å²) in [6.45, 7) is 2.23. The summed E-state index contributed by atoms with van der Waals surface area (Å²) in [6, 6.07) is 8.97. The first kappa shape index (κ1) is 19.7. The number of rotatable bonds is 6. The third-order valence-electron chi connectivity index (χ3n) is 4.47. The minimum Gasteiger partial charge on any atom is -0.481 e. The van der Waals surface area contributed by atoms with Gasteiger partial charge in [-0.25, -0.2) is 0 Å². The molecule has 0 amide bonds. The Morgan fingerprint density at radius 3 is 2.04 bits per heavy atom. The minimum absolute atomic E-state index is 0.284. The molecular formula is C19H31NO3. The van der Waals surface area contributed by atoms with Crippen molar-refractivity contribution in [3.05, 3.63) is 35.4 Å². The molecule has 1 aromatic carbocycles. The average molecular weight is 321 g/mol. The van der Waals surface area contributed by atoms with Crippen molar-refractivity contribution >= 4 is 5.97 Å². The highest BCUT2D eigenvalue weighted by atomic mass is 16.4. The van der Waals surface area contributed by atoms with Crippen LogP contribution in [-0.2, 0) is 17.6 Å². The maximum absolute atomic E-state index is 9.00. The van der Waals surface area contributed by atoms with E-state index in [9.17, 15) is 0 Å². The summed E-state index contributed by atoms with van der Waals surface area (Å²) in [7, 11) is 0. The van der Waals surface area contributed by atoms with E-state index < -0.39 is 5.97 Å². The fourth-order valence-electron chi connectivity index (χ4n) is 3.13. The molecule has 130 valence electrons. The first-order valence-corrected chi connectivity index (χ1v) is 8.63. The van der Waals surface area contributed by atoms with Gasteiger partial charge in [0.15, 0.2) is 0 Å². The zero-order valence-electron chi connectivity index (χ0n) is 14.2.